The third-order valence-corrected chi connectivity index (χ3v) is 2.05. The number of nitrogens with two attached hydrogens (primary N) is 1. The van der Waals surface area contributed by atoms with Gasteiger partial charge in [0, 0.05) is 6.07 Å². The van der Waals surface area contributed by atoms with Crippen LogP contribution in [-0.4, -0.2) is 0 Å². The molecule has 4 heteroatoms. The zero-order chi connectivity index (χ0) is 10.8. The number of furan rings is 1. The Bertz CT molecular complexity index is 479. The van der Waals surface area contributed by atoms with E-state index in [9.17, 15) is 4.39 Å². The molecule has 0 amide bonds. The fraction of sp³-hybridized carbons (Fsp3) is 0.0909. The normalized spacial score (nSPS) is 10.3. The van der Waals surface area contributed by atoms with Crippen LogP contribution >= 0.6 is 0 Å². The van der Waals surface area contributed by atoms with Crippen LogP contribution in [0, 0.1) is 12.7 Å². The van der Waals surface area contributed by atoms with Gasteiger partial charge in [-0.1, -0.05) is 6.07 Å². The van der Waals surface area contributed by atoms with E-state index in [1.54, 1.807) is 18.2 Å². The Hall–Kier alpha value is -1.97. The number of hydrogen-bond donors (Lipinski definition) is 2. The first-order valence-electron chi connectivity index (χ1n) is 4.54. The Morgan fingerprint density at radius 1 is 1.27 bits per heavy atom. The number of nitrogens with one attached hydrogen (secondary N) is 1. The van der Waals surface area contributed by atoms with Crippen molar-refractivity contribution < 1.29 is 8.81 Å². The van der Waals surface area contributed by atoms with E-state index in [2.05, 4.69) is 5.32 Å². The highest BCUT2D eigenvalue weighted by molar-refractivity contribution is 5.71. The lowest BCUT2D eigenvalue weighted by Gasteiger charge is -2.06. The summed E-state index contributed by atoms with van der Waals surface area (Å²) in [6.45, 7) is 1.83. The molecule has 78 valence electrons. The highest BCUT2D eigenvalue weighted by Crippen LogP contribution is 2.25. The minimum absolute atomic E-state index is 0.0894. The molecule has 0 aliphatic heterocycles. The van der Waals surface area contributed by atoms with E-state index in [1.807, 2.05) is 13.0 Å². The molecule has 1 aromatic heterocycles. The summed E-state index contributed by atoms with van der Waals surface area (Å²) in [4.78, 5) is 0. The van der Waals surface area contributed by atoms with Crippen LogP contribution in [0.25, 0.3) is 0 Å². The van der Waals surface area contributed by atoms with Gasteiger partial charge in [0.05, 0.1) is 11.4 Å². The molecule has 2 aromatic rings. The van der Waals surface area contributed by atoms with Crippen LogP contribution in [0.3, 0.4) is 0 Å². The molecule has 1 aromatic carbocycles. The number of anilines is 3. The maximum absolute atomic E-state index is 13.1. The van der Waals surface area contributed by atoms with E-state index < -0.39 is 5.82 Å². The smallest absolute Gasteiger partial charge is 0.197 e. The molecule has 0 aliphatic carbocycles. The van der Waals surface area contributed by atoms with Gasteiger partial charge in [0.2, 0.25) is 0 Å². The first kappa shape index (κ1) is 9.58. The molecule has 3 nitrogen and oxygen atoms in total. The zero-order valence-corrected chi connectivity index (χ0v) is 8.25. The summed E-state index contributed by atoms with van der Waals surface area (Å²) in [5.74, 6) is 0.889. The minimum atomic E-state index is -0.441. The zero-order valence-electron chi connectivity index (χ0n) is 8.25. The topological polar surface area (TPSA) is 51.2 Å². The molecular formula is C11H11FN2O. The SMILES string of the molecule is Cc1ccc(Nc2cccc(F)c2N)o1. The summed E-state index contributed by atoms with van der Waals surface area (Å²) in [6, 6.07) is 8.17. The molecule has 0 bridgehead atoms. The van der Waals surface area contributed by atoms with Gasteiger partial charge in [-0.25, -0.2) is 4.39 Å². The summed E-state index contributed by atoms with van der Waals surface area (Å²) in [5.41, 5.74) is 6.15. The standard InChI is InChI=1S/C11H11FN2O/c1-7-5-6-10(15-7)14-9-4-2-3-8(12)11(9)13/h2-6,14H,13H2,1H3. The molecule has 0 atom stereocenters. The van der Waals surface area contributed by atoms with Crippen molar-refractivity contribution in [1.29, 1.82) is 0 Å². The monoisotopic (exact) mass is 206 g/mol. The van der Waals surface area contributed by atoms with E-state index in [1.165, 1.54) is 6.07 Å². The summed E-state index contributed by atoms with van der Waals surface area (Å²) in [7, 11) is 0. The Morgan fingerprint density at radius 2 is 2.07 bits per heavy atom. The van der Waals surface area contributed by atoms with E-state index in [4.69, 9.17) is 10.2 Å². The van der Waals surface area contributed by atoms with Gasteiger partial charge in [-0.2, -0.15) is 0 Å². The van der Waals surface area contributed by atoms with Gasteiger partial charge in [0.1, 0.15) is 11.6 Å². The second-order valence-electron chi connectivity index (χ2n) is 3.24. The van der Waals surface area contributed by atoms with Crippen molar-refractivity contribution in [3.63, 3.8) is 0 Å². The summed E-state index contributed by atoms with van der Waals surface area (Å²) in [6.07, 6.45) is 0. The maximum Gasteiger partial charge on any atom is 0.197 e. The third-order valence-electron chi connectivity index (χ3n) is 2.05. The van der Waals surface area contributed by atoms with Crippen LogP contribution < -0.4 is 11.1 Å². The second kappa shape index (κ2) is 3.65. The number of nitrogen functional groups attached to an aromatic ring is 1. The van der Waals surface area contributed by atoms with Gasteiger partial charge in [0.15, 0.2) is 5.88 Å². The van der Waals surface area contributed by atoms with E-state index in [0.29, 0.717) is 11.6 Å². The number of halogens is 1. The Balaban J connectivity index is 2.28. The molecular weight excluding hydrogens is 195 g/mol. The van der Waals surface area contributed by atoms with Crippen LogP contribution in [-0.2, 0) is 0 Å². The molecule has 2 rings (SSSR count). The molecule has 1 heterocycles. The summed E-state index contributed by atoms with van der Waals surface area (Å²) >= 11 is 0. The lowest BCUT2D eigenvalue weighted by molar-refractivity contribution is 0.551. The van der Waals surface area contributed by atoms with Gasteiger partial charge < -0.3 is 15.5 Å². The van der Waals surface area contributed by atoms with E-state index in [-0.39, 0.29) is 5.69 Å². The molecule has 15 heavy (non-hydrogen) atoms. The highest BCUT2D eigenvalue weighted by atomic mass is 19.1. The van der Waals surface area contributed by atoms with Crippen molar-refractivity contribution in [2.45, 2.75) is 6.92 Å². The van der Waals surface area contributed by atoms with Crippen molar-refractivity contribution in [3.05, 3.63) is 41.9 Å². The predicted octanol–water partition coefficient (Wildman–Crippen LogP) is 3.05. The average Bonchev–Trinajstić information content (AvgIpc) is 2.59. The quantitative estimate of drug-likeness (QED) is 0.742. The summed E-state index contributed by atoms with van der Waals surface area (Å²) < 4.78 is 18.4. The van der Waals surface area contributed by atoms with Crippen LogP contribution in [0.5, 0.6) is 0 Å². The Morgan fingerprint density at radius 3 is 2.73 bits per heavy atom. The van der Waals surface area contributed by atoms with E-state index >= 15 is 0 Å². The Kier molecular flexibility index (Phi) is 2.33. The number of rotatable bonds is 2. The molecule has 0 saturated heterocycles. The van der Waals surface area contributed by atoms with Crippen molar-refractivity contribution in [1.82, 2.24) is 0 Å². The van der Waals surface area contributed by atoms with Gasteiger partial charge >= 0.3 is 0 Å². The van der Waals surface area contributed by atoms with Gasteiger partial charge in [-0.05, 0) is 25.1 Å². The number of aryl methyl sites for hydroxylation is 1. The molecule has 0 unspecified atom stereocenters. The van der Waals surface area contributed by atoms with Crippen LogP contribution in [0.15, 0.2) is 34.7 Å². The second-order valence-corrected chi connectivity index (χ2v) is 3.24. The summed E-state index contributed by atoms with van der Waals surface area (Å²) in [5, 5.41) is 2.90. The van der Waals surface area contributed by atoms with Gasteiger partial charge in [0.25, 0.3) is 0 Å². The van der Waals surface area contributed by atoms with Crippen molar-refractivity contribution in [2.75, 3.05) is 11.1 Å². The van der Waals surface area contributed by atoms with Crippen LogP contribution in [0.2, 0.25) is 0 Å². The first-order chi connectivity index (χ1) is 7.16. The fourth-order valence-corrected chi connectivity index (χ4v) is 1.28. The molecule has 0 aliphatic rings. The lowest BCUT2D eigenvalue weighted by atomic mass is 10.2. The average molecular weight is 206 g/mol. The molecule has 0 spiro atoms. The molecule has 0 saturated carbocycles. The predicted molar refractivity (Wildman–Crippen MR) is 57.5 cm³/mol. The minimum Gasteiger partial charge on any atom is -0.446 e. The number of hydrogen-bond acceptors (Lipinski definition) is 3. The van der Waals surface area contributed by atoms with Crippen molar-refractivity contribution in [2.24, 2.45) is 0 Å². The van der Waals surface area contributed by atoms with Crippen molar-refractivity contribution in [3.8, 4) is 0 Å². The molecule has 0 fully saturated rings. The highest BCUT2D eigenvalue weighted by Gasteiger charge is 2.05. The largest absolute Gasteiger partial charge is 0.446 e. The molecule has 0 radical (unpaired) electrons. The third kappa shape index (κ3) is 1.93. The first-order valence-corrected chi connectivity index (χ1v) is 4.54. The fourth-order valence-electron chi connectivity index (χ4n) is 1.28. The Labute approximate surface area is 86.7 Å². The van der Waals surface area contributed by atoms with Crippen molar-refractivity contribution >= 4 is 17.3 Å². The maximum atomic E-state index is 13.1. The number of benzene rings is 1. The van der Waals surface area contributed by atoms with Gasteiger partial charge in [-0.3, -0.25) is 0 Å². The van der Waals surface area contributed by atoms with Crippen LogP contribution in [0.1, 0.15) is 5.76 Å². The van der Waals surface area contributed by atoms with Crippen LogP contribution in [0.4, 0.5) is 21.6 Å². The van der Waals surface area contributed by atoms with E-state index in [0.717, 1.165) is 5.76 Å². The molecule has 3 N–H and O–H groups in total. The lowest BCUT2D eigenvalue weighted by Crippen LogP contribution is -1.97. The van der Waals surface area contributed by atoms with Gasteiger partial charge in [-0.15, -0.1) is 0 Å². The number of para-hydroxylation sites is 1.